The molecule has 4 aliphatic carbocycles. The summed E-state index contributed by atoms with van der Waals surface area (Å²) in [6.45, 7) is 11.6. The molecule has 0 radical (unpaired) electrons. The maximum Gasteiger partial charge on any atom is 0.163 e. The maximum atomic E-state index is 12.0. The molecule has 0 aromatic carbocycles. The normalized spacial score (nSPS) is 55.2. The minimum Gasteiger partial charge on any atom is -0.382 e. The molecular weight excluding hydrogens is 406 g/mol. The largest absolute Gasteiger partial charge is 0.382 e. The molecule has 172 valence electrons. The first kappa shape index (κ1) is 21.1. The van der Waals surface area contributed by atoms with Gasteiger partial charge in [-0.2, -0.15) is 0 Å². The average Bonchev–Trinajstić information content (AvgIpc) is 3.41. The van der Waals surface area contributed by atoms with Crippen molar-refractivity contribution in [3.63, 3.8) is 0 Å². The molecule has 4 nitrogen and oxygen atoms in total. The molecule has 0 unspecified atom stereocenters. The van der Waals surface area contributed by atoms with Gasteiger partial charge in [0.25, 0.3) is 0 Å². The minimum absolute atomic E-state index is 0.141. The zero-order valence-electron chi connectivity index (χ0n) is 19.8. The highest BCUT2D eigenvalue weighted by Gasteiger charge is 2.71. The molecule has 1 aliphatic heterocycles. The molecule has 5 fully saturated rings. The predicted octanol–water partition coefficient (Wildman–Crippen LogP) is 5.75. The molecular formula is C26H39NO3S. The lowest BCUT2D eigenvalue weighted by atomic mass is 9.42. The van der Waals surface area contributed by atoms with Crippen molar-refractivity contribution < 1.29 is 14.6 Å². The number of thiazole rings is 1. The molecule has 5 heteroatoms. The van der Waals surface area contributed by atoms with E-state index in [1.807, 2.05) is 11.6 Å². The van der Waals surface area contributed by atoms with Gasteiger partial charge in [-0.05, 0) is 87.4 Å². The highest BCUT2D eigenvalue weighted by atomic mass is 32.1. The molecule has 0 spiro atoms. The van der Waals surface area contributed by atoms with Crippen LogP contribution in [-0.4, -0.2) is 28.1 Å². The molecule has 1 N–H and O–H groups in total. The lowest BCUT2D eigenvalue weighted by Crippen LogP contribution is -2.63. The Morgan fingerprint density at radius 3 is 2.45 bits per heavy atom. The van der Waals surface area contributed by atoms with Crippen molar-refractivity contribution in [2.24, 2.45) is 40.4 Å². The average molecular weight is 446 g/mol. The molecule has 4 saturated carbocycles. The van der Waals surface area contributed by atoms with Gasteiger partial charge in [-0.15, -0.1) is 11.3 Å². The number of nitrogens with zero attached hydrogens (tertiary/aromatic N) is 1. The van der Waals surface area contributed by atoms with Crippen molar-refractivity contribution in [3.05, 3.63) is 16.6 Å². The van der Waals surface area contributed by atoms with Crippen LogP contribution >= 0.6 is 11.3 Å². The highest BCUT2D eigenvalue weighted by Crippen LogP contribution is 2.71. The fourth-order valence-corrected chi connectivity index (χ4v) is 10.1. The summed E-state index contributed by atoms with van der Waals surface area (Å²) in [5.41, 5.74) is -0.622. The van der Waals surface area contributed by atoms with Crippen molar-refractivity contribution in [3.8, 4) is 0 Å². The Morgan fingerprint density at radius 1 is 0.968 bits per heavy atom. The summed E-state index contributed by atoms with van der Waals surface area (Å²) in [5.74, 6) is 2.45. The number of hydrogen-bond donors (Lipinski definition) is 1. The van der Waals surface area contributed by atoms with Crippen LogP contribution in [0, 0.1) is 40.4 Å². The van der Waals surface area contributed by atoms with Gasteiger partial charge < -0.3 is 14.6 Å². The number of rotatable bonds is 1. The second kappa shape index (κ2) is 6.55. The van der Waals surface area contributed by atoms with Gasteiger partial charge in [0.2, 0.25) is 0 Å². The van der Waals surface area contributed by atoms with E-state index in [1.165, 1.54) is 25.7 Å². The summed E-state index contributed by atoms with van der Waals surface area (Å²) < 4.78 is 13.4. The van der Waals surface area contributed by atoms with Gasteiger partial charge in [0.1, 0.15) is 10.6 Å². The summed E-state index contributed by atoms with van der Waals surface area (Å²) in [7, 11) is 0. The van der Waals surface area contributed by atoms with Crippen LogP contribution in [0.1, 0.15) is 84.6 Å². The standard InChI is InChI=1S/C26H39NO3S/c1-15-6-9-24(4)16-7-10-25(5)17(8-11-26(25,28)22-27-12-13-31-22)19(16)21-20(18(24)14-15)29-23(2,3)30-21/h12-13,15-21,28H,6-11,14H2,1-5H3/t15-,16-,17-,18+,19+,20+,21+,24+,25-,26+/m0/s1. The van der Waals surface area contributed by atoms with Crippen LogP contribution in [0.3, 0.4) is 0 Å². The zero-order valence-corrected chi connectivity index (χ0v) is 20.6. The summed E-state index contributed by atoms with van der Waals surface area (Å²) in [6.07, 6.45) is 10.3. The monoisotopic (exact) mass is 445 g/mol. The summed E-state index contributed by atoms with van der Waals surface area (Å²) in [6, 6.07) is 0. The smallest absolute Gasteiger partial charge is 0.163 e. The van der Waals surface area contributed by atoms with E-state index in [1.54, 1.807) is 11.3 Å². The van der Waals surface area contributed by atoms with Crippen LogP contribution in [0.2, 0.25) is 0 Å². The fourth-order valence-electron chi connectivity index (χ4n) is 9.18. The van der Waals surface area contributed by atoms with Crippen LogP contribution in [0.5, 0.6) is 0 Å². The Hall–Kier alpha value is -0.490. The van der Waals surface area contributed by atoms with Crippen LogP contribution in [0.4, 0.5) is 0 Å². The first-order valence-electron chi connectivity index (χ1n) is 12.6. The number of hydrogen-bond acceptors (Lipinski definition) is 5. The van der Waals surface area contributed by atoms with Gasteiger partial charge in [-0.25, -0.2) is 4.98 Å². The summed E-state index contributed by atoms with van der Waals surface area (Å²) in [4.78, 5) is 4.60. The minimum atomic E-state index is -0.805. The maximum absolute atomic E-state index is 12.0. The molecule has 0 amide bonds. The molecule has 1 saturated heterocycles. The third-order valence-electron chi connectivity index (χ3n) is 10.7. The van der Waals surface area contributed by atoms with Crippen molar-refractivity contribution in [2.75, 3.05) is 0 Å². The van der Waals surface area contributed by atoms with Gasteiger partial charge in [0, 0.05) is 17.0 Å². The van der Waals surface area contributed by atoms with Crippen molar-refractivity contribution >= 4 is 11.3 Å². The van der Waals surface area contributed by atoms with Gasteiger partial charge in [0.15, 0.2) is 5.79 Å². The second-order valence-corrected chi connectivity index (χ2v) is 13.4. The van der Waals surface area contributed by atoms with E-state index in [-0.39, 0.29) is 17.6 Å². The topological polar surface area (TPSA) is 51.6 Å². The quantitative estimate of drug-likeness (QED) is 0.598. The lowest BCUT2D eigenvalue weighted by molar-refractivity contribution is -0.202. The van der Waals surface area contributed by atoms with E-state index >= 15 is 0 Å². The third-order valence-corrected chi connectivity index (χ3v) is 11.7. The van der Waals surface area contributed by atoms with E-state index in [0.717, 1.165) is 30.2 Å². The first-order chi connectivity index (χ1) is 14.6. The molecule has 2 heterocycles. The fraction of sp³-hybridized carbons (Fsp3) is 0.885. The van der Waals surface area contributed by atoms with Crippen molar-refractivity contribution in [1.82, 2.24) is 4.98 Å². The number of ether oxygens (including phenoxy) is 2. The van der Waals surface area contributed by atoms with Gasteiger partial charge >= 0.3 is 0 Å². The SMILES string of the molecule is C[C@H]1CC[C@@]2(C)[C@H](C1)[C@H]1OC(C)(C)O[C@@H]1[C@@H]1[C@@H]2CC[C@@]2(C)[C@H]1CC[C@@]2(O)c1nccs1. The summed E-state index contributed by atoms with van der Waals surface area (Å²) >= 11 is 1.62. The predicted molar refractivity (Wildman–Crippen MR) is 121 cm³/mol. The molecule has 1 aromatic heterocycles. The van der Waals surface area contributed by atoms with E-state index in [4.69, 9.17) is 9.47 Å². The van der Waals surface area contributed by atoms with E-state index in [9.17, 15) is 5.11 Å². The van der Waals surface area contributed by atoms with E-state index < -0.39 is 11.4 Å². The number of aliphatic hydroxyl groups is 1. The lowest BCUT2D eigenvalue weighted by Gasteiger charge is -2.63. The Balaban J connectivity index is 1.44. The molecule has 10 atom stereocenters. The molecule has 6 rings (SSSR count). The Labute approximate surface area is 191 Å². The Morgan fingerprint density at radius 2 is 1.71 bits per heavy atom. The van der Waals surface area contributed by atoms with Gasteiger partial charge in [-0.1, -0.05) is 27.2 Å². The van der Waals surface area contributed by atoms with Crippen LogP contribution in [0.25, 0.3) is 0 Å². The molecule has 31 heavy (non-hydrogen) atoms. The first-order valence-corrected chi connectivity index (χ1v) is 13.4. The number of fused-ring (bicyclic) bond motifs is 8. The molecule has 0 bridgehead atoms. The number of aromatic nitrogens is 1. The van der Waals surface area contributed by atoms with Crippen molar-refractivity contribution in [1.29, 1.82) is 0 Å². The van der Waals surface area contributed by atoms with Gasteiger partial charge in [-0.3, -0.25) is 0 Å². The molecule has 1 aromatic rings. The third kappa shape index (κ3) is 2.67. The van der Waals surface area contributed by atoms with Crippen LogP contribution in [0.15, 0.2) is 11.6 Å². The Bertz CT molecular complexity index is 857. The zero-order chi connectivity index (χ0) is 21.8. The second-order valence-electron chi connectivity index (χ2n) is 12.5. The molecule has 5 aliphatic rings. The van der Waals surface area contributed by atoms with E-state index in [0.29, 0.717) is 29.1 Å². The van der Waals surface area contributed by atoms with Gasteiger partial charge in [0.05, 0.1) is 12.2 Å². The van der Waals surface area contributed by atoms with Crippen molar-refractivity contribution in [2.45, 2.75) is 103 Å². The van der Waals surface area contributed by atoms with Crippen LogP contribution in [-0.2, 0) is 15.1 Å². The van der Waals surface area contributed by atoms with Crippen LogP contribution < -0.4 is 0 Å². The summed E-state index contributed by atoms with van der Waals surface area (Å²) in [5, 5.41) is 15.0. The van der Waals surface area contributed by atoms with E-state index in [2.05, 4.69) is 39.6 Å². The Kier molecular flexibility index (Phi) is 4.45. The highest BCUT2D eigenvalue weighted by molar-refractivity contribution is 7.09.